The van der Waals surface area contributed by atoms with Gasteiger partial charge < -0.3 is 0 Å². The Labute approximate surface area is 78.4 Å². The van der Waals surface area contributed by atoms with Crippen LogP contribution in [0.5, 0.6) is 0 Å². The molecule has 0 saturated carbocycles. The first-order chi connectivity index (χ1) is 5.67. The lowest BCUT2D eigenvalue weighted by Gasteiger charge is -2.06. The van der Waals surface area contributed by atoms with Gasteiger partial charge in [0, 0.05) is 5.75 Å². The maximum absolute atomic E-state index is 11.3. The van der Waals surface area contributed by atoms with Crippen LogP contribution >= 0.6 is 10.8 Å². The van der Waals surface area contributed by atoms with Crippen LogP contribution in [0.15, 0.2) is 0 Å². The van der Waals surface area contributed by atoms with Crippen molar-refractivity contribution in [1.82, 2.24) is 0 Å². The largest absolute Gasteiger partial charge is 0.217 e. The van der Waals surface area contributed by atoms with Crippen molar-refractivity contribution in [3.63, 3.8) is 0 Å². The van der Waals surface area contributed by atoms with Crippen molar-refractivity contribution in [2.24, 2.45) is 0 Å². The third kappa shape index (κ3) is 2.66. The Bertz CT molecular complexity index is 221. The normalized spacial score (nSPS) is 27.6. The van der Waals surface area contributed by atoms with Gasteiger partial charge in [0.1, 0.15) is 0 Å². The van der Waals surface area contributed by atoms with Gasteiger partial charge in [0.15, 0.2) is 0 Å². The fourth-order valence-corrected chi connectivity index (χ4v) is 5.40. The summed E-state index contributed by atoms with van der Waals surface area (Å²) in [7, 11) is -1.61. The summed E-state index contributed by atoms with van der Waals surface area (Å²) in [6.45, 7) is 2.14. The summed E-state index contributed by atoms with van der Waals surface area (Å²) in [5.74, 6) is 0.805. The van der Waals surface area contributed by atoms with E-state index in [1.54, 1.807) is 0 Å². The van der Waals surface area contributed by atoms with E-state index >= 15 is 0 Å². The van der Waals surface area contributed by atoms with Gasteiger partial charge in [0.25, 0.3) is 0 Å². The fourth-order valence-electron chi connectivity index (χ4n) is 1.45. The molecule has 0 aromatic heterocycles. The maximum atomic E-state index is 11.3. The van der Waals surface area contributed by atoms with E-state index in [0.717, 1.165) is 42.2 Å². The standard InChI is InChI=1S/C8H16O2S2/c1-2-3-4-5-8-6-7-11-12(8,9)10/h8H,2-7H2,1H3. The third-order valence-electron chi connectivity index (χ3n) is 2.23. The molecule has 12 heavy (non-hydrogen) atoms. The van der Waals surface area contributed by atoms with Crippen LogP contribution < -0.4 is 0 Å². The van der Waals surface area contributed by atoms with E-state index in [-0.39, 0.29) is 5.25 Å². The summed E-state index contributed by atoms with van der Waals surface area (Å²) in [5.41, 5.74) is 0. The average Bonchev–Trinajstić information content (AvgIpc) is 2.32. The first kappa shape index (κ1) is 10.4. The Morgan fingerprint density at radius 3 is 2.67 bits per heavy atom. The molecule has 1 heterocycles. The third-order valence-corrected chi connectivity index (χ3v) is 6.55. The zero-order chi connectivity index (χ0) is 9.03. The van der Waals surface area contributed by atoms with Gasteiger partial charge in [-0.1, -0.05) is 26.2 Å². The van der Waals surface area contributed by atoms with E-state index < -0.39 is 8.87 Å². The predicted octanol–water partition coefficient (Wildman–Crippen LogP) is 2.40. The van der Waals surface area contributed by atoms with Gasteiger partial charge in [-0.2, -0.15) is 0 Å². The number of hydrogen-bond donors (Lipinski definition) is 0. The smallest absolute Gasteiger partial charge is 0.204 e. The van der Waals surface area contributed by atoms with Crippen LogP contribution in [-0.2, 0) is 8.87 Å². The summed E-state index contributed by atoms with van der Waals surface area (Å²) in [6, 6.07) is 0. The SMILES string of the molecule is CCCCCC1CCSS1(=O)=O. The average molecular weight is 208 g/mol. The molecule has 0 aromatic rings. The molecular weight excluding hydrogens is 192 g/mol. The molecule has 0 amide bonds. The minimum absolute atomic E-state index is 0.0333. The van der Waals surface area contributed by atoms with Crippen LogP contribution in [0.2, 0.25) is 0 Å². The number of unbranched alkanes of at least 4 members (excludes halogenated alkanes) is 2. The predicted molar refractivity (Wildman–Crippen MR) is 53.9 cm³/mol. The van der Waals surface area contributed by atoms with Gasteiger partial charge in [0.2, 0.25) is 8.87 Å². The molecule has 1 atom stereocenters. The minimum Gasteiger partial charge on any atom is -0.217 e. The summed E-state index contributed by atoms with van der Waals surface area (Å²) in [5, 5.41) is -0.0333. The molecule has 4 heteroatoms. The Morgan fingerprint density at radius 1 is 1.42 bits per heavy atom. The molecule has 1 saturated heterocycles. The van der Waals surface area contributed by atoms with Crippen LogP contribution in [0.3, 0.4) is 0 Å². The Morgan fingerprint density at radius 2 is 2.17 bits per heavy atom. The summed E-state index contributed by atoms with van der Waals surface area (Å²) in [6.07, 6.45) is 5.15. The van der Waals surface area contributed by atoms with Gasteiger partial charge in [-0.05, 0) is 23.6 Å². The van der Waals surface area contributed by atoms with Crippen molar-refractivity contribution in [3.05, 3.63) is 0 Å². The highest BCUT2D eigenvalue weighted by atomic mass is 33.1. The van der Waals surface area contributed by atoms with Crippen LogP contribution in [0.25, 0.3) is 0 Å². The van der Waals surface area contributed by atoms with Gasteiger partial charge >= 0.3 is 0 Å². The van der Waals surface area contributed by atoms with Gasteiger partial charge in [-0.3, -0.25) is 0 Å². The quantitative estimate of drug-likeness (QED) is 0.525. The molecule has 1 rings (SSSR count). The lowest BCUT2D eigenvalue weighted by Crippen LogP contribution is -2.11. The summed E-state index contributed by atoms with van der Waals surface area (Å²) in [4.78, 5) is 0. The molecule has 0 spiro atoms. The maximum Gasteiger partial charge on any atom is 0.204 e. The van der Waals surface area contributed by atoms with E-state index in [1.807, 2.05) is 0 Å². The number of hydrogen-bond acceptors (Lipinski definition) is 3. The lowest BCUT2D eigenvalue weighted by atomic mass is 10.1. The van der Waals surface area contributed by atoms with Crippen molar-refractivity contribution < 1.29 is 8.42 Å². The minimum atomic E-state index is -2.75. The fraction of sp³-hybridized carbons (Fsp3) is 1.00. The molecule has 72 valence electrons. The second-order valence-electron chi connectivity index (χ2n) is 3.22. The molecule has 1 aliphatic heterocycles. The molecule has 0 N–H and O–H groups in total. The highest BCUT2D eigenvalue weighted by molar-refractivity contribution is 8.72. The molecule has 0 bridgehead atoms. The second kappa shape index (κ2) is 4.51. The van der Waals surface area contributed by atoms with Crippen molar-refractivity contribution in [3.8, 4) is 0 Å². The van der Waals surface area contributed by atoms with Crippen LogP contribution in [0, 0.1) is 0 Å². The first-order valence-electron chi connectivity index (χ1n) is 4.55. The van der Waals surface area contributed by atoms with E-state index in [2.05, 4.69) is 6.92 Å². The summed E-state index contributed by atoms with van der Waals surface area (Å²) < 4.78 is 22.6. The topological polar surface area (TPSA) is 34.1 Å². The van der Waals surface area contributed by atoms with Gasteiger partial charge in [0.05, 0.1) is 5.25 Å². The highest BCUT2D eigenvalue weighted by Gasteiger charge is 2.31. The molecule has 1 unspecified atom stereocenters. The highest BCUT2D eigenvalue weighted by Crippen LogP contribution is 2.33. The first-order valence-corrected chi connectivity index (χ1v) is 7.60. The lowest BCUT2D eigenvalue weighted by molar-refractivity contribution is 0.572. The van der Waals surface area contributed by atoms with Crippen molar-refractivity contribution >= 4 is 19.7 Å². The van der Waals surface area contributed by atoms with E-state index in [1.165, 1.54) is 6.42 Å². The van der Waals surface area contributed by atoms with Crippen molar-refractivity contribution in [1.29, 1.82) is 0 Å². The monoisotopic (exact) mass is 208 g/mol. The van der Waals surface area contributed by atoms with Crippen molar-refractivity contribution in [2.45, 2.75) is 44.3 Å². The molecular formula is C8H16O2S2. The zero-order valence-electron chi connectivity index (χ0n) is 7.45. The molecule has 0 aliphatic carbocycles. The van der Waals surface area contributed by atoms with Crippen LogP contribution in [0.4, 0.5) is 0 Å². The Hall–Kier alpha value is 0.300. The van der Waals surface area contributed by atoms with Crippen LogP contribution in [-0.4, -0.2) is 19.4 Å². The summed E-state index contributed by atoms with van der Waals surface area (Å²) >= 11 is 0. The second-order valence-corrected chi connectivity index (χ2v) is 7.62. The molecule has 0 radical (unpaired) electrons. The van der Waals surface area contributed by atoms with E-state index in [4.69, 9.17) is 0 Å². The molecule has 0 aromatic carbocycles. The van der Waals surface area contributed by atoms with Gasteiger partial charge in [-0.15, -0.1) is 0 Å². The van der Waals surface area contributed by atoms with E-state index in [9.17, 15) is 8.42 Å². The zero-order valence-corrected chi connectivity index (χ0v) is 9.09. The van der Waals surface area contributed by atoms with Crippen molar-refractivity contribution in [2.75, 3.05) is 5.75 Å². The Kier molecular flexibility index (Phi) is 3.90. The Balaban J connectivity index is 2.32. The molecule has 1 fully saturated rings. The van der Waals surface area contributed by atoms with E-state index in [0.29, 0.717) is 0 Å². The van der Waals surface area contributed by atoms with Crippen LogP contribution in [0.1, 0.15) is 39.0 Å². The number of rotatable bonds is 4. The molecule has 1 aliphatic rings. The van der Waals surface area contributed by atoms with Gasteiger partial charge in [-0.25, -0.2) is 8.42 Å². The molecule has 2 nitrogen and oxygen atoms in total.